The molecule has 0 amide bonds. The van der Waals surface area contributed by atoms with Crippen LogP contribution in [0, 0.1) is 0 Å². The third-order valence-electron chi connectivity index (χ3n) is 4.22. The van der Waals surface area contributed by atoms with Crippen molar-refractivity contribution in [2.45, 2.75) is 19.3 Å². The number of ether oxygens (including phenoxy) is 1. The van der Waals surface area contributed by atoms with E-state index in [-0.39, 0.29) is 0 Å². The molecule has 2 aromatic carbocycles. The third kappa shape index (κ3) is 4.97. The van der Waals surface area contributed by atoms with Crippen LogP contribution in [0.4, 0.5) is 0 Å². The van der Waals surface area contributed by atoms with E-state index in [4.69, 9.17) is 4.74 Å². The topological polar surface area (TPSA) is 12.5 Å². The first-order chi connectivity index (χ1) is 11.4. The number of hydrogen-bond donors (Lipinski definition) is 0. The molecular weight excluding hydrogens is 282 g/mol. The van der Waals surface area contributed by atoms with Crippen LogP contribution in [-0.4, -0.2) is 31.1 Å². The molecule has 0 aromatic heterocycles. The van der Waals surface area contributed by atoms with Gasteiger partial charge in [0.15, 0.2) is 0 Å². The Bertz CT molecular complexity index is 603. The zero-order valence-electron chi connectivity index (χ0n) is 13.7. The SMILES string of the molecule is C1=CCN(CCCOc2ccc(-c3ccccc3)cc2)CCC1. The van der Waals surface area contributed by atoms with Gasteiger partial charge in [-0.25, -0.2) is 0 Å². The standard InChI is InChI=1S/C21H25NO/c1-2-7-16-22(15-6-1)17-8-18-23-21-13-11-20(12-14-21)19-9-4-3-5-10-19/h1,3-6,9-14H,2,7-8,15-18H2. The van der Waals surface area contributed by atoms with E-state index in [9.17, 15) is 0 Å². The van der Waals surface area contributed by atoms with Crippen molar-refractivity contribution in [3.63, 3.8) is 0 Å². The van der Waals surface area contributed by atoms with Crippen molar-refractivity contribution in [1.82, 2.24) is 4.90 Å². The highest BCUT2D eigenvalue weighted by Gasteiger charge is 2.05. The van der Waals surface area contributed by atoms with Crippen LogP contribution in [0.25, 0.3) is 11.1 Å². The minimum atomic E-state index is 0.783. The van der Waals surface area contributed by atoms with E-state index >= 15 is 0 Å². The highest BCUT2D eigenvalue weighted by Crippen LogP contribution is 2.22. The largest absolute Gasteiger partial charge is 0.494 e. The summed E-state index contributed by atoms with van der Waals surface area (Å²) in [5.41, 5.74) is 2.47. The van der Waals surface area contributed by atoms with Crippen LogP contribution in [0.2, 0.25) is 0 Å². The van der Waals surface area contributed by atoms with Gasteiger partial charge in [0.1, 0.15) is 5.75 Å². The second-order valence-corrected chi connectivity index (χ2v) is 6.01. The Kier molecular flexibility index (Phi) is 5.87. The van der Waals surface area contributed by atoms with Gasteiger partial charge in [-0.15, -0.1) is 0 Å². The monoisotopic (exact) mass is 307 g/mol. The van der Waals surface area contributed by atoms with Gasteiger partial charge in [0.25, 0.3) is 0 Å². The molecule has 0 saturated carbocycles. The Balaban J connectivity index is 1.43. The van der Waals surface area contributed by atoms with E-state index in [0.29, 0.717) is 0 Å². The van der Waals surface area contributed by atoms with Crippen LogP contribution in [0.15, 0.2) is 66.7 Å². The highest BCUT2D eigenvalue weighted by atomic mass is 16.5. The fourth-order valence-electron chi connectivity index (χ4n) is 2.92. The Morgan fingerprint density at radius 1 is 0.870 bits per heavy atom. The number of benzene rings is 2. The molecule has 0 unspecified atom stereocenters. The molecule has 23 heavy (non-hydrogen) atoms. The number of hydrogen-bond acceptors (Lipinski definition) is 2. The van der Waals surface area contributed by atoms with Crippen molar-refractivity contribution < 1.29 is 4.74 Å². The van der Waals surface area contributed by atoms with Gasteiger partial charge in [0.05, 0.1) is 6.61 Å². The molecule has 1 aliphatic rings. The number of rotatable bonds is 6. The van der Waals surface area contributed by atoms with Crippen molar-refractivity contribution in [2.75, 3.05) is 26.2 Å². The first kappa shape index (κ1) is 15.8. The highest BCUT2D eigenvalue weighted by molar-refractivity contribution is 5.63. The van der Waals surface area contributed by atoms with E-state index in [0.717, 1.165) is 31.9 Å². The molecule has 2 aromatic rings. The second-order valence-electron chi connectivity index (χ2n) is 6.01. The second kappa shape index (κ2) is 8.54. The predicted molar refractivity (Wildman–Crippen MR) is 96.8 cm³/mol. The van der Waals surface area contributed by atoms with Crippen LogP contribution in [0.5, 0.6) is 5.75 Å². The Labute approximate surface area is 139 Å². The van der Waals surface area contributed by atoms with E-state index in [2.05, 4.69) is 65.6 Å². The normalized spacial score (nSPS) is 15.3. The lowest BCUT2D eigenvalue weighted by Gasteiger charge is -2.18. The van der Waals surface area contributed by atoms with Crippen LogP contribution in [-0.2, 0) is 0 Å². The smallest absolute Gasteiger partial charge is 0.119 e. The van der Waals surface area contributed by atoms with E-state index < -0.39 is 0 Å². The van der Waals surface area contributed by atoms with Gasteiger partial charge in [-0.3, -0.25) is 4.90 Å². The summed E-state index contributed by atoms with van der Waals surface area (Å²) in [6.07, 6.45) is 8.16. The fourth-order valence-corrected chi connectivity index (χ4v) is 2.92. The fraction of sp³-hybridized carbons (Fsp3) is 0.333. The molecule has 0 atom stereocenters. The Morgan fingerprint density at radius 2 is 1.65 bits per heavy atom. The van der Waals surface area contributed by atoms with Gasteiger partial charge in [0, 0.05) is 13.1 Å². The summed E-state index contributed by atoms with van der Waals surface area (Å²) in [6, 6.07) is 18.8. The molecule has 0 fully saturated rings. The van der Waals surface area contributed by atoms with Crippen LogP contribution in [0.3, 0.4) is 0 Å². The molecule has 0 aliphatic carbocycles. The Morgan fingerprint density at radius 3 is 2.48 bits per heavy atom. The molecule has 3 rings (SSSR count). The summed E-state index contributed by atoms with van der Waals surface area (Å²) >= 11 is 0. The molecule has 1 heterocycles. The lowest BCUT2D eigenvalue weighted by Crippen LogP contribution is -2.26. The molecule has 0 N–H and O–H groups in total. The van der Waals surface area contributed by atoms with Gasteiger partial charge in [0.2, 0.25) is 0 Å². The van der Waals surface area contributed by atoms with Crippen LogP contribution >= 0.6 is 0 Å². The lowest BCUT2D eigenvalue weighted by molar-refractivity contribution is 0.250. The summed E-state index contributed by atoms with van der Waals surface area (Å²) in [6.45, 7) is 4.20. The van der Waals surface area contributed by atoms with Crippen molar-refractivity contribution in [1.29, 1.82) is 0 Å². The van der Waals surface area contributed by atoms with Crippen molar-refractivity contribution in [3.05, 3.63) is 66.7 Å². The lowest BCUT2D eigenvalue weighted by atomic mass is 10.1. The maximum absolute atomic E-state index is 5.87. The quantitative estimate of drug-likeness (QED) is 0.563. The van der Waals surface area contributed by atoms with Crippen LogP contribution < -0.4 is 4.74 Å². The van der Waals surface area contributed by atoms with Gasteiger partial charge in [-0.2, -0.15) is 0 Å². The van der Waals surface area contributed by atoms with E-state index in [1.165, 1.54) is 30.5 Å². The average Bonchev–Trinajstić information content (AvgIpc) is 2.89. The van der Waals surface area contributed by atoms with Gasteiger partial charge < -0.3 is 4.74 Å². The first-order valence-electron chi connectivity index (χ1n) is 8.57. The first-order valence-corrected chi connectivity index (χ1v) is 8.57. The van der Waals surface area contributed by atoms with Gasteiger partial charge >= 0.3 is 0 Å². The number of nitrogens with zero attached hydrogens (tertiary/aromatic N) is 1. The van der Waals surface area contributed by atoms with E-state index in [1.807, 2.05) is 6.07 Å². The number of allylic oxidation sites excluding steroid dienone is 1. The molecule has 1 aliphatic heterocycles. The molecule has 0 bridgehead atoms. The summed E-state index contributed by atoms with van der Waals surface area (Å²) in [5, 5.41) is 0. The zero-order chi connectivity index (χ0) is 15.7. The summed E-state index contributed by atoms with van der Waals surface area (Å²) < 4.78 is 5.87. The Hall–Kier alpha value is -2.06. The van der Waals surface area contributed by atoms with Crippen molar-refractivity contribution in [2.24, 2.45) is 0 Å². The zero-order valence-corrected chi connectivity index (χ0v) is 13.7. The molecule has 2 heteroatoms. The van der Waals surface area contributed by atoms with Gasteiger partial charge in [-0.05, 0) is 49.1 Å². The van der Waals surface area contributed by atoms with Gasteiger partial charge in [-0.1, -0.05) is 54.6 Å². The minimum Gasteiger partial charge on any atom is -0.494 e. The van der Waals surface area contributed by atoms with Crippen molar-refractivity contribution in [3.8, 4) is 16.9 Å². The molecule has 0 spiro atoms. The maximum Gasteiger partial charge on any atom is 0.119 e. The third-order valence-corrected chi connectivity index (χ3v) is 4.22. The minimum absolute atomic E-state index is 0.783. The molecular formula is C21H25NO. The van der Waals surface area contributed by atoms with Crippen molar-refractivity contribution >= 4 is 0 Å². The summed E-state index contributed by atoms with van der Waals surface area (Å²) in [7, 11) is 0. The predicted octanol–water partition coefficient (Wildman–Crippen LogP) is 4.77. The van der Waals surface area contributed by atoms with Crippen LogP contribution in [0.1, 0.15) is 19.3 Å². The van der Waals surface area contributed by atoms with E-state index in [1.54, 1.807) is 0 Å². The summed E-state index contributed by atoms with van der Waals surface area (Å²) in [5.74, 6) is 0.959. The maximum atomic E-state index is 5.87. The summed E-state index contributed by atoms with van der Waals surface area (Å²) in [4.78, 5) is 2.51. The molecule has 0 saturated heterocycles. The molecule has 120 valence electrons. The molecule has 2 nitrogen and oxygen atoms in total. The molecule has 0 radical (unpaired) electrons. The average molecular weight is 307 g/mol.